The van der Waals surface area contributed by atoms with Gasteiger partial charge in [-0.1, -0.05) is 0 Å². The van der Waals surface area contributed by atoms with Crippen LogP contribution < -0.4 is 10.6 Å². The smallest absolute Gasteiger partial charge is 0.255 e. The lowest BCUT2D eigenvalue weighted by molar-refractivity contribution is -0.121. The summed E-state index contributed by atoms with van der Waals surface area (Å²) in [4.78, 5) is 26.7. The topological polar surface area (TPSA) is 91.3 Å². The number of aromatic hydroxyl groups is 1. The van der Waals surface area contributed by atoms with Crippen LogP contribution in [0, 0.1) is 0 Å². The Bertz CT molecular complexity index is 458. The van der Waals surface area contributed by atoms with Crippen LogP contribution in [0.15, 0.2) is 18.5 Å². The highest BCUT2D eigenvalue weighted by Crippen LogP contribution is 2.18. The third-order valence-electron chi connectivity index (χ3n) is 2.62. The molecular formula is C12H15N3O3. The van der Waals surface area contributed by atoms with Gasteiger partial charge in [0.25, 0.3) is 5.91 Å². The summed E-state index contributed by atoms with van der Waals surface area (Å²) in [6, 6.07) is 1.76. The molecule has 2 rings (SSSR count). The van der Waals surface area contributed by atoms with E-state index < -0.39 is 5.91 Å². The van der Waals surface area contributed by atoms with Crippen LogP contribution in [0.2, 0.25) is 0 Å². The van der Waals surface area contributed by atoms with Gasteiger partial charge in [-0.15, -0.1) is 0 Å². The van der Waals surface area contributed by atoms with Gasteiger partial charge in [-0.3, -0.25) is 14.6 Å². The van der Waals surface area contributed by atoms with Gasteiger partial charge in [-0.2, -0.15) is 0 Å². The third-order valence-corrected chi connectivity index (χ3v) is 2.62. The molecule has 96 valence electrons. The minimum atomic E-state index is -0.408. The van der Waals surface area contributed by atoms with Crippen LogP contribution in [0.25, 0.3) is 0 Å². The molecule has 18 heavy (non-hydrogen) atoms. The van der Waals surface area contributed by atoms with E-state index in [9.17, 15) is 14.7 Å². The van der Waals surface area contributed by atoms with Crippen molar-refractivity contribution in [1.82, 2.24) is 15.6 Å². The monoisotopic (exact) mass is 249 g/mol. The maximum absolute atomic E-state index is 11.7. The first kappa shape index (κ1) is 12.3. The minimum absolute atomic E-state index is 0.0586. The standard InChI is InChI=1S/C12H15N3O3/c16-10-7-13-5-3-9(10)12(18)14-6-4-11(17)15-8-1-2-8/h3,5,7-8,16H,1-2,4,6H2,(H,14,18)(H,15,17). The first-order valence-electron chi connectivity index (χ1n) is 5.87. The molecule has 1 aromatic rings. The van der Waals surface area contributed by atoms with E-state index >= 15 is 0 Å². The van der Waals surface area contributed by atoms with E-state index in [0.29, 0.717) is 6.04 Å². The molecule has 6 heteroatoms. The Hall–Kier alpha value is -2.11. The third kappa shape index (κ3) is 3.44. The van der Waals surface area contributed by atoms with Crippen molar-refractivity contribution in [2.75, 3.05) is 6.54 Å². The molecule has 0 atom stereocenters. The van der Waals surface area contributed by atoms with Gasteiger partial charge in [0.1, 0.15) is 5.75 Å². The summed E-state index contributed by atoms with van der Waals surface area (Å²) in [5, 5.41) is 14.8. The van der Waals surface area contributed by atoms with Gasteiger partial charge in [-0.25, -0.2) is 0 Å². The number of nitrogens with zero attached hydrogens (tertiary/aromatic N) is 1. The van der Waals surface area contributed by atoms with Crippen LogP contribution in [-0.4, -0.2) is 34.5 Å². The number of carbonyl (C=O) groups is 2. The molecule has 1 aliphatic rings. The number of hydrogen-bond donors (Lipinski definition) is 3. The normalized spacial score (nSPS) is 14.0. The Morgan fingerprint density at radius 2 is 2.22 bits per heavy atom. The Labute approximate surface area is 104 Å². The van der Waals surface area contributed by atoms with E-state index in [-0.39, 0.29) is 30.2 Å². The average Bonchev–Trinajstić information content (AvgIpc) is 3.13. The van der Waals surface area contributed by atoms with Gasteiger partial charge < -0.3 is 15.7 Å². The fourth-order valence-electron chi connectivity index (χ4n) is 1.49. The SMILES string of the molecule is O=C(CCNC(=O)c1ccncc1O)NC1CC1. The zero-order chi connectivity index (χ0) is 13.0. The first-order valence-corrected chi connectivity index (χ1v) is 5.87. The second kappa shape index (κ2) is 5.48. The summed E-state index contributed by atoms with van der Waals surface area (Å²) in [5.74, 6) is -0.636. The van der Waals surface area contributed by atoms with Gasteiger partial charge in [0.05, 0.1) is 11.8 Å². The summed E-state index contributed by atoms with van der Waals surface area (Å²) in [7, 11) is 0. The molecule has 0 unspecified atom stereocenters. The number of aromatic nitrogens is 1. The molecule has 0 saturated heterocycles. The highest BCUT2D eigenvalue weighted by atomic mass is 16.3. The van der Waals surface area contributed by atoms with Crippen molar-refractivity contribution in [2.45, 2.75) is 25.3 Å². The fourth-order valence-corrected chi connectivity index (χ4v) is 1.49. The predicted molar refractivity (Wildman–Crippen MR) is 64.0 cm³/mol. The Kier molecular flexibility index (Phi) is 3.76. The second-order valence-electron chi connectivity index (χ2n) is 4.24. The van der Waals surface area contributed by atoms with E-state index in [1.54, 1.807) is 0 Å². The maximum atomic E-state index is 11.7. The number of amides is 2. The molecule has 1 aliphatic carbocycles. The van der Waals surface area contributed by atoms with Gasteiger partial charge in [-0.05, 0) is 18.9 Å². The van der Waals surface area contributed by atoms with Gasteiger partial charge in [0.15, 0.2) is 0 Å². The van der Waals surface area contributed by atoms with Crippen molar-refractivity contribution in [2.24, 2.45) is 0 Å². The molecule has 3 N–H and O–H groups in total. The largest absolute Gasteiger partial charge is 0.505 e. The van der Waals surface area contributed by atoms with Crippen LogP contribution >= 0.6 is 0 Å². The molecule has 0 aliphatic heterocycles. The first-order chi connectivity index (χ1) is 8.66. The summed E-state index contributed by atoms with van der Waals surface area (Å²) < 4.78 is 0. The van der Waals surface area contributed by atoms with E-state index in [1.165, 1.54) is 18.5 Å². The predicted octanol–water partition coefficient (Wildman–Crippen LogP) is 0.186. The maximum Gasteiger partial charge on any atom is 0.255 e. The highest BCUT2D eigenvalue weighted by molar-refractivity contribution is 5.96. The van der Waals surface area contributed by atoms with Crippen molar-refractivity contribution in [1.29, 1.82) is 0 Å². The van der Waals surface area contributed by atoms with Crippen LogP contribution in [-0.2, 0) is 4.79 Å². The van der Waals surface area contributed by atoms with E-state index in [4.69, 9.17) is 0 Å². The van der Waals surface area contributed by atoms with Crippen LogP contribution in [0.3, 0.4) is 0 Å². The van der Waals surface area contributed by atoms with Crippen molar-refractivity contribution >= 4 is 11.8 Å². The lowest BCUT2D eigenvalue weighted by Gasteiger charge is -2.06. The Morgan fingerprint density at radius 1 is 1.44 bits per heavy atom. The Balaban J connectivity index is 1.74. The molecule has 0 aromatic carbocycles. The number of rotatable bonds is 5. The molecule has 1 saturated carbocycles. The number of hydrogen-bond acceptors (Lipinski definition) is 4. The molecule has 0 bridgehead atoms. The molecule has 1 heterocycles. The van der Waals surface area contributed by atoms with Gasteiger partial charge >= 0.3 is 0 Å². The van der Waals surface area contributed by atoms with Crippen molar-refractivity contribution < 1.29 is 14.7 Å². The van der Waals surface area contributed by atoms with Crippen LogP contribution in [0.4, 0.5) is 0 Å². The van der Waals surface area contributed by atoms with Crippen molar-refractivity contribution in [3.05, 3.63) is 24.0 Å². The van der Waals surface area contributed by atoms with Crippen LogP contribution in [0.5, 0.6) is 5.75 Å². The summed E-state index contributed by atoms with van der Waals surface area (Å²) in [6.07, 6.45) is 4.96. The average molecular weight is 249 g/mol. The highest BCUT2D eigenvalue weighted by Gasteiger charge is 2.22. The van der Waals surface area contributed by atoms with Gasteiger partial charge in [0.2, 0.25) is 5.91 Å². The molecule has 2 amide bonds. The molecular weight excluding hydrogens is 234 g/mol. The number of carbonyl (C=O) groups excluding carboxylic acids is 2. The molecule has 6 nitrogen and oxygen atoms in total. The zero-order valence-electron chi connectivity index (χ0n) is 9.85. The fraction of sp³-hybridized carbons (Fsp3) is 0.417. The summed E-state index contributed by atoms with van der Waals surface area (Å²) in [6.45, 7) is 0.249. The quantitative estimate of drug-likeness (QED) is 0.694. The lowest BCUT2D eigenvalue weighted by atomic mass is 10.2. The van der Waals surface area contributed by atoms with E-state index in [1.807, 2.05) is 0 Å². The minimum Gasteiger partial charge on any atom is -0.505 e. The van der Waals surface area contributed by atoms with Crippen LogP contribution in [0.1, 0.15) is 29.6 Å². The second-order valence-corrected chi connectivity index (χ2v) is 4.24. The molecule has 1 fully saturated rings. The summed E-state index contributed by atoms with van der Waals surface area (Å²) >= 11 is 0. The summed E-state index contributed by atoms with van der Waals surface area (Å²) in [5.41, 5.74) is 0.160. The van der Waals surface area contributed by atoms with Crippen molar-refractivity contribution in [3.8, 4) is 5.75 Å². The number of pyridine rings is 1. The molecule has 0 radical (unpaired) electrons. The van der Waals surface area contributed by atoms with E-state index in [2.05, 4.69) is 15.6 Å². The van der Waals surface area contributed by atoms with Gasteiger partial charge in [0, 0.05) is 25.2 Å². The Morgan fingerprint density at radius 3 is 2.89 bits per heavy atom. The molecule has 0 spiro atoms. The molecule has 1 aromatic heterocycles. The van der Waals surface area contributed by atoms with E-state index in [0.717, 1.165) is 12.8 Å². The lowest BCUT2D eigenvalue weighted by Crippen LogP contribution is -2.31. The zero-order valence-corrected chi connectivity index (χ0v) is 9.85. The van der Waals surface area contributed by atoms with Crippen molar-refractivity contribution in [3.63, 3.8) is 0 Å². The number of nitrogens with one attached hydrogen (secondary N) is 2.